The Balaban J connectivity index is 2.12. The molecule has 0 aliphatic rings. The second-order valence-corrected chi connectivity index (χ2v) is 6.45. The van der Waals surface area contributed by atoms with Gasteiger partial charge in [0.2, 0.25) is 0 Å². The average Bonchev–Trinajstić information content (AvgIpc) is 2.75. The molecule has 2 aromatic rings. The SMILES string of the molecule is Cc1nc(CN(C)c2ccc(CCN)cc2Br)cs1. The number of thiazole rings is 1. The molecule has 0 bridgehead atoms. The van der Waals surface area contributed by atoms with Gasteiger partial charge in [0.15, 0.2) is 0 Å². The van der Waals surface area contributed by atoms with Crippen molar-refractivity contribution in [1.29, 1.82) is 0 Å². The maximum absolute atomic E-state index is 5.58. The van der Waals surface area contributed by atoms with Gasteiger partial charge in [-0.1, -0.05) is 6.07 Å². The van der Waals surface area contributed by atoms with Crippen molar-refractivity contribution < 1.29 is 0 Å². The van der Waals surface area contributed by atoms with Crippen LogP contribution < -0.4 is 10.6 Å². The Morgan fingerprint density at radius 2 is 2.21 bits per heavy atom. The van der Waals surface area contributed by atoms with Crippen LogP contribution in [0, 0.1) is 6.92 Å². The number of hydrogen-bond acceptors (Lipinski definition) is 4. The number of nitrogens with zero attached hydrogens (tertiary/aromatic N) is 2. The van der Waals surface area contributed by atoms with E-state index in [4.69, 9.17) is 5.73 Å². The molecule has 102 valence electrons. The number of aromatic nitrogens is 1. The second-order valence-electron chi connectivity index (χ2n) is 4.54. The van der Waals surface area contributed by atoms with Crippen molar-refractivity contribution in [3.63, 3.8) is 0 Å². The molecule has 0 aliphatic carbocycles. The highest BCUT2D eigenvalue weighted by atomic mass is 79.9. The van der Waals surface area contributed by atoms with Crippen LogP contribution in [0.5, 0.6) is 0 Å². The zero-order chi connectivity index (χ0) is 13.8. The molecule has 19 heavy (non-hydrogen) atoms. The molecule has 2 N–H and O–H groups in total. The molecule has 1 aromatic heterocycles. The third-order valence-corrected chi connectivity index (χ3v) is 4.38. The molecule has 0 amide bonds. The van der Waals surface area contributed by atoms with Gasteiger partial charge in [-0.05, 0) is 53.5 Å². The lowest BCUT2D eigenvalue weighted by molar-refractivity contribution is 0.885. The lowest BCUT2D eigenvalue weighted by Crippen LogP contribution is -2.17. The summed E-state index contributed by atoms with van der Waals surface area (Å²) in [7, 11) is 2.08. The molecule has 0 atom stereocenters. The van der Waals surface area contributed by atoms with Gasteiger partial charge in [0.25, 0.3) is 0 Å². The third kappa shape index (κ3) is 3.78. The normalized spacial score (nSPS) is 10.7. The maximum atomic E-state index is 5.58. The number of hydrogen-bond donors (Lipinski definition) is 1. The molecule has 0 saturated heterocycles. The van der Waals surface area contributed by atoms with Crippen molar-refractivity contribution >= 4 is 33.0 Å². The largest absolute Gasteiger partial charge is 0.368 e. The highest BCUT2D eigenvalue weighted by Crippen LogP contribution is 2.28. The van der Waals surface area contributed by atoms with Crippen LogP contribution in [-0.2, 0) is 13.0 Å². The van der Waals surface area contributed by atoms with Gasteiger partial charge in [-0.2, -0.15) is 0 Å². The molecule has 2 rings (SSSR count). The summed E-state index contributed by atoms with van der Waals surface area (Å²) in [6, 6.07) is 6.41. The van der Waals surface area contributed by atoms with Crippen molar-refractivity contribution in [2.24, 2.45) is 5.73 Å². The van der Waals surface area contributed by atoms with E-state index in [0.717, 1.165) is 28.1 Å². The summed E-state index contributed by atoms with van der Waals surface area (Å²) in [6.07, 6.45) is 0.911. The Bertz CT molecular complexity index is 553. The van der Waals surface area contributed by atoms with Crippen molar-refractivity contribution in [3.8, 4) is 0 Å². The number of aryl methyl sites for hydroxylation is 1. The molecule has 5 heteroatoms. The van der Waals surface area contributed by atoms with Crippen molar-refractivity contribution in [1.82, 2.24) is 4.98 Å². The van der Waals surface area contributed by atoms with Crippen LogP contribution in [0.2, 0.25) is 0 Å². The van der Waals surface area contributed by atoms with E-state index in [1.165, 1.54) is 11.3 Å². The Labute approximate surface area is 126 Å². The fraction of sp³-hybridized carbons (Fsp3) is 0.357. The van der Waals surface area contributed by atoms with Gasteiger partial charge >= 0.3 is 0 Å². The number of rotatable bonds is 5. The second kappa shape index (κ2) is 6.50. The summed E-state index contributed by atoms with van der Waals surface area (Å²) >= 11 is 5.33. The summed E-state index contributed by atoms with van der Waals surface area (Å²) in [5.74, 6) is 0. The maximum Gasteiger partial charge on any atom is 0.0898 e. The van der Waals surface area contributed by atoms with Gasteiger partial charge in [0, 0.05) is 16.9 Å². The molecule has 0 spiro atoms. The van der Waals surface area contributed by atoms with Crippen molar-refractivity contribution in [2.75, 3.05) is 18.5 Å². The number of benzene rings is 1. The van der Waals surface area contributed by atoms with E-state index in [9.17, 15) is 0 Å². The minimum Gasteiger partial charge on any atom is -0.368 e. The first-order valence-electron chi connectivity index (χ1n) is 6.21. The lowest BCUT2D eigenvalue weighted by Gasteiger charge is -2.20. The van der Waals surface area contributed by atoms with Crippen LogP contribution >= 0.6 is 27.3 Å². The van der Waals surface area contributed by atoms with Gasteiger partial charge in [-0.15, -0.1) is 11.3 Å². The standard InChI is InChI=1S/C14H18BrN3S/c1-10-17-12(9-19-10)8-18(2)14-4-3-11(5-6-16)7-13(14)15/h3-4,7,9H,5-6,8,16H2,1-2H3. The minimum absolute atomic E-state index is 0.680. The monoisotopic (exact) mass is 339 g/mol. The van der Waals surface area contributed by atoms with Crippen molar-refractivity contribution in [2.45, 2.75) is 19.9 Å². The first-order chi connectivity index (χ1) is 9.10. The fourth-order valence-electron chi connectivity index (χ4n) is 1.99. The van der Waals surface area contributed by atoms with Gasteiger partial charge < -0.3 is 10.6 Å². The molecule has 3 nitrogen and oxygen atoms in total. The third-order valence-electron chi connectivity index (χ3n) is 2.92. The number of nitrogens with two attached hydrogens (primary N) is 1. The van der Waals surface area contributed by atoms with Gasteiger partial charge in [0.1, 0.15) is 0 Å². The van der Waals surface area contributed by atoms with E-state index in [2.05, 4.69) is 56.4 Å². The first kappa shape index (κ1) is 14.5. The van der Waals surface area contributed by atoms with Gasteiger partial charge in [0.05, 0.1) is 22.9 Å². The zero-order valence-corrected chi connectivity index (χ0v) is 13.6. The van der Waals surface area contributed by atoms with E-state index < -0.39 is 0 Å². The molecule has 0 aliphatic heterocycles. The Morgan fingerprint density at radius 1 is 1.42 bits per heavy atom. The summed E-state index contributed by atoms with van der Waals surface area (Å²) in [5.41, 5.74) is 9.13. The predicted octanol–water partition coefficient (Wildman–Crippen LogP) is 3.35. The molecular weight excluding hydrogens is 322 g/mol. The average molecular weight is 340 g/mol. The van der Waals surface area contributed by atoms with Crippen LogP contribution in [0.15, 0.2) is 28.1 Å². The molecule has 0 unspecified atom stereocenters. The first-order valence-corrected chi connectivity index (χ1v) is 7.88. The zero-order valence-electron chi connectivity index (χ0n) is 11.2. The predicted molar refractivity (Wildman–Crippen MR) is 85.9 cm³/mol. The van der Waals surface area contributed by atoms with Gasteiger partial charge in [-0.25, -0.2) is 4.98 Å². The molecule has 1 aromatic carbocycles. The van der Waals surface area contributed by atoms with E-state index in [-0.39, 0.29) is 0 Å². The van der Waals surface area contributed by atoms with Gasteiger partial charge in [-0.3, -0.25) is 0 Å². The van der Waals surface area contributed by atoms with Crippen molar-refractivity contribution in [3.05, 3.63) is 44.3 Å². The summed E-state index contributed by atoms with van der Waals surface area (Å²) in [6.45, 7) is 3.53. The molecular formula is C14H18BrN3S. The summed E-state index contributed by atoms with van der Waals surface area (Å²) in [4.78, 5) is 6.70. The number of anilines is 1. The Hall–Kier alpha value is -0.910. The Kier molecular flexibility index (Phi) is 4.96. The van der Waals surface area contributed by atoms with Crippen LogP contribution in [0.4, 0.5) is 5.69 Å². The summed E-state index contributed by atoms with van der Waals surface area (Å²) in [5, 5.41) is 3.23. The smallest absolute Gasteiger partial charge is 0.0898 e. The van der Waals surface area contributed by atoms with Crippen LogP contribution in [0.3, 0.4) is 0 Å². The molecule has 0 fully saturated rings. The van der Waals surface area contributed by atoms with E-state index in [1.807, 2.05) is 6.92 Å². The lowest BCUT2D eigenvalue weighted by atomic mass is 10.1. The fourth-order valence-corrected chi connectivity index (χ4v) is 3.32. The Morgan fingerprint density at radius 3 is 2.79 bits per heavy atom. The highest BCUT2D eigenvalue weighted by molar-refractivity contribution is 9.10. The number of halogens is 1. The van der Waals surface area contributed by atoms with Crippen LogP contribution in [0.25, 0.3) is 0 Å². The molecule has 0 saturated carbocycles. The molecule has 1 heterocycles. The van der Waals surface area contributed by atoms with Crippen LogP contribution in [-0.4, -0.2) is 18.6 Å². The topological polar surface area (TPSA) is 42.2 Å². The van der Waals surface area contributed by atoms with E-state index in [1.54, 1.807) is 11.3 Å². The summed E-state index contributed by atoms with van der Waals surface area (Å²) < 4.78 is 1.10. The van der Waals surface area contributed by atoms with Crippen LogP contribution in [0.1, 0.15) is 16.3 Å². The highest BCUT2D eigenvalue weighted by Gasteiger charge is 2.09. The van der Waals surface area contributed by atoms with E-state index in [0.29, 0.717) is 6.54 Å². The molecule has 0 radical (unpaired) electrons. The quantitative estimate of drug-likeness (QED) is 0.908. The minimum atomic E-state index is 0.680. The van der Waals surface area contributed by atoms with E-state index >= 15 is 0 Å².